The minimum atomic E-state index is -3.58. The van der Waals surface area contributed by atoms with Gasteiger partial charge in [0.15, 0.2) is 5.78 Å². The molecule has 2 atom stereocenters. The molecule has 8 heteroatoms. The van der Waals surface area contributed by atoms with Gasteiger partial charge in [0, 0.05) is 29.4 Å². The quantitative estimate of drug-likeness (QED) is 0.722. The van der Waals surface area contributed by atoms with Crippen molar-refractivity contribution in [3.05, 3.63) is 59.1 Å². The lowest BCUT2D eigenvalue weighted by molar-refractivity contribution is -0.0440. The number of carbonyl (C=O) groups is 1. The first kappa shape index (κ1) is 20.8. The predicted molar refractivity (Wildman–Crippen MR) is 109 cm³/mol. The summed E-state index contributed by atoms with van der Waals surface area (Å²) in [5.41, 5.74) is 1.23. The van der Waals surface area contributed by atoms with Gasteiger partial charge in [-0.1, -0.05) is 11.6 Å². The van der Waals surface area contributed by atoms with Crippen molar-refractivity contribution in [1.29, 1.82) is 0 Å². The second-order valence-electron chi connectivity index (χ2n) is 6.89. The van der Waals surface area contributed by atoms with Crippen LogP contribution in [0, 0.1) is 0 Å². The molecule has 0 aliphatic carbocycles. The molecule has 0 radical (unpaired) electrons. The Bertz CT molecular complexity index is 920. The standard InChI is InChI=1S/C20H23ClN2O4S/c1-14-12-23(13-15(2)27-14)28(25,26)19-9-7-18(8-10-19)22-11-20(24)16-3-5-17(21)6-4-16/h3-10,14-15,22H,11-13H2,1-2H3. The second-order valence-corrected chi connectivity index (χ2v) is 9.26. The Hall–Kier alpha value is -1.93. The average molecular weight is 423 g/mol. The zero-order valence-electron chi connectivity index (χ0n) is 15.8. The van der Waals surface area contributed by atoms with Crippen molar-refractivity contribution >= 4 is 33.1 Å². The molecule has 0 bridgehead atoms. The molecule has 1 aliphatic rings. The highest BCUT2D eigenvalue weighted by Crippen LogP contribution is 2.22. The summed E-state index contributed by atoms with van der Waals surface area (Å²) in [5.74, 6) is -0.0790. The van der Waals surface area contributed by atoms with Gasteiger partial charge >= 0.3 is 0 Å². The fourth-order valence-corrected chi connectivity index (χ4v) is 4.86. The molecular formula is C20H23ClN2O4S. The first-order valence-corrected chi connectivity index (χ1v) is 10.9. The van der Waals surface area contributed by atoms with Crippen LogP contribution in [-0.2, 0) is 14.8 Å². The monoisotopic (exact) mass is 422 g/mol. The van der Waals surface area contributed by atoms with Gasteiger partial charge in [0.1, 0.15) is 0 Å². The summed E-state index contributed by atoms with van der Waals surface area (Å²) >= 11 is 5.83. The molecular weight excluding hydrogens is 400 g/mol. The number of nitrogens with zero attached hydrogens (tertiary/aromatic N) is 1. The average Bonchev–Trinajstić information content (AvgIpc) is 2.66. The van der Waals surface area contributed by atoms with Gasteiger partial charge in [-0.2, -0.15) is 4.31 Å². The third-order valence-electron chi connectivity index (χ3n) is 4.50. The number of anilines is 1. The van der Waals surface area contributed by atoms with Crippen molar-refractivity contribution in [2.24, 2.45) is 0 Å². The van der Waals surface area contributed by atoms with Crippen LogP contribution in [0.1, 0.15) is 24.2 Å². The van der Waals surface area contributed by atoms with Crippen LogP contribution in [0.3, 0.4) is 0 Å². The molecule has 2 aromatic carbocycles. The number of hydrogen-bond acceptors (Lipinski definition) is 5. The highest BCUT2D eigenvalue weighted by molar-refractivity contribution is 7.89. The predicted octanol–water partition coefficient (Wildman–Crippen LogP) is 3.43. The SMILES string of the molecule is CC1CN(S(=O)(=O)c2ccc(NCC(=O)c3ccc(Cl)cc3)cc2)CC(C)O1. The zero-order valence-corrected chi connectivity index (χ0v) is 17.3. The number of sulfonamides is 1. The summed E-state index contributed by atoms with van der Waals surface area (Å²) in [6, 6.07) is 13.1. The van der Waals surface area contributed by atoms with Gasteiger partial charge < -0.3 is 10.1 Å². The number of carbonyl (C=O) groups excluding carboxylic acids is 1. The van der Waals surface area contributed by atoms with Crippen molar-refractivity contribution in [3.8, 4) is 0 Å². The fourth-order valence-electron chi connectivity index (χ4n) is 3.14. The molecule has 0 spiro atoms. The van der Waals surface area contributed by atoms with Crippen LogP contribution in [0.2, 0.25) is 5.02 Å². The lowest BCUT2D eigenvalue weighted by Gasteiger charge is -2.34. The van der Waals surface area contributed by atoms with Crippen molar-refractivity contribution in [3.63, 3.8) is 0 Å². The number of nitrogens with one attached hydrogen (secondary N) is 1. The zero-order chi connectivity index (χ0) is 20.3. The summed E-state index contributed by atoms with van der Waals surface area (Å²) in [4.78, 5) is 12.4. The molecule has 0 aromatic heterocycles. The van der Waals surface area contributed by atoms with E-state index in [-0.39, 0.29) is 29.4 Å². The number of Topliss-reactive ketones (excluding diaryl/α,β-unsaturated/α-hetero) is 1. The molecule has 0 saturated carbocycles. The van der Waals surface area contributed by atoms with E-state index in [9.17, 15) is 13.2 Å². The third kappa shape index (κ3) is 4.91. The van der Waals surface area contributed by atoms with E-state index in [0.29, 0.717) is 29.4 Å². The number of morpholine rings is 1. The van der Waals surface area contributed by atoms with Crippen LogP contribution in [-0.4, -0.2) is 50.3 Å². The van der Waals surface area contributed by atoms with Crippen molar-refractivity contribution in [2.45, 2.75) is 31.0 Å². The minimum Gasteiger partial charge on any atom is -0.378 e. The van der Waals surface area contributed by atoms with Crippen LogP contribution in [0.25, 0.3) is 0 Å². The van der Waals surface area contributed by atoms with E-state index in [4.69, 9.17) is 16.3 Å². The Kier molecular flexibility index (Phi) is 6.40. The van der Waals surface area contributed by atoms with E-state index in [1.165, 1.54) is 4.31 Å². The maximum atomic E-state index is 12.9. The lowest BCUT2D eigenvalue weighted by Crippen LogP contribution is -2.48. The van der Waals surface area contributed by atoms with Crippen LogP contribution in [0.15, 0.2) is 53.4 Å². The lowest BCUT2D eigenvalue weighted by atomic mass is 10.1. The molecule has 28 heavy (non-hydrogen) atoms. The summed E-state index contributed by atoms with van der Waals surface area (Å²) in [6.45, 7) is 4.50. The minimum absolute atomic E-state index is 0.0790. The second kappa shape index (κ2) is 8.61. The van der Waals surface area contributed by atoms with Gasteiger partial charge in [0.2, 0.25) is 10.0 Å². The Balaban J connectivity index is 1.64. The number of benzene rings is 2. The van der Waals surface area contributed by atoms with Gasteiger partial charge in [-0.15, -0.1) is 0 Å². The van der Waals surface area contributed by atoms with E-state index in [0.717, 1.165) is 0 Å². The van der Waals surface area contributed by atoms with Crippen LogP contribution in [0.4, 0.5) is 5.69 Å². The van der Waals surface area contributed by atoms with Gasteiger partial charge in [-0.25, -0.2) is 8.42 Å². The smallest absolute Gasteiger partial charge is 0.243 e. The number of ketones is 1. The highest BCUT2D eigenvalue weighted by atomic mass is 35.5. The number of hydrogen-bond donors (Lipinski definition) is 1. The van der Waals surface area contributed by atoms with Gasteiger partial charge in [0.05, 0.1) is 23.6 Å². The molecule has 2 aromatic rings. The van der Waals surface area contributed by atoms with Gasteiger partial charge in [-0.05, 0) is 62.4 Å². The largest absolute Gasteiger partial charge is 0.378 e. The highest BCUT2D eigenvalue weighted by Gasteiger charge is 2.32. The van der Waals surface area contributed by atoms with E-state index in [2.05, 4.69) is 5.32 Å². The normalized spacial score (nSPS) is 20.7. The molecule has 3 rings (SSSR count). The first-order valence-electron chi connectivity index (χ1n) is 9.04. The maximum absolute atomic E-state index is 12.9. The van der Waals surface area contributed by atoms with Crippen molar-refractivity contribution in [2.75, 3.05) is 25.0 Å². The molecule has 2 unspecified atom stereocenters. The first-order chi connectivity index (χ1) is 13.3. The summed E-state index contributed by atoms with van der Waals surface area (Å²) in [6.07, 6.45) is -0.281. The van der Waals surface area contributed by atoms with Crippen molar-refractivity contribution in [1.82, 2.24) is 4.31 Å². The summed E-state index contributed by atoms with van der Waals surface area (Å²) in [5, 5.41) is 3.59. The Morgan fingerprint density at radius 3 is 2.21 bits per heavy atom. The summed E-state index contributed by atoms with van der Waals surface area (Å²) in [7, 11) is -3.58. The van der Waals surface area contributed by atoms with E-state index in [1.807, 2.05) is 13.8 Å². The third-order valence-corrected chi connectivity index (χ3v) is 6.60. The Morgan fingerprint density at radius 1 is 1.07 bits per heavy atom. The molecule has 1 N–H and O–H groups in total. The molecule has 1 fully saturated rings. The summed E-state index contributed by atoms with van der Waals surface area (Å²) < 4.78 is 32.8. The fraction of sp³-hybridized carbons (Fsp3) is 0.350. The molecule has 1 aliphatic heterocycles. The molecule has 150 valence electrons. The number of halogens is 1. The van der Waals surface area contributed by atoms with E-state index < -0.39 is 10.0 Å². The van der Waals surface area contributed by atoms with E-state index in [1.54, 1.807) is 48.5 Å². The Morgan fingerprint density at radius 2 is 1.64 bits per heavy atom. The van der Waals surface area contributed by atoms with Crippen LogP contribution >= 0.6 is 11.6 Å². The van der Waals surface area contributed by atoms with Gasteiger partial charge in [0.25, 0.3) is 0 Å². The van der Waals surface area contributed by atoms with Crippen LogP contribution < -0.4 is 5.32 Å². The molecule has 1 heterocycles. The topological polar surface area (TPSA) is 75.7 Å². The maximum Gasteiger partial charge on any atom is 0.243 e. The number of ether oxygens (including phenoxy) is 1. The van der Waals surface area contributed by atoms with Gasteiger partial charge in [-0.3, -0.25) is 4.79 Å². The molecule has 6 nitrogen and oxygen atoms in total. The Labute approximate surface area is 170 Å². The van der Waals surface area contributed by atoms with Crippen LogP contribution in [0.5, 0.6) is 0 Å². The molecule has 1 saturated heterocycles. The van der Waals surface area contributed by atoms with Crippen molar-refractivity contribution < 1.29 is 17.9 Å². The van der Waals surface area contributed by atoms with E-state index >= 15 is 0 Å². The number of rotatable bonds is 6. The molecule has 0 amide bonds.